The summed E-state index contributed by atoms with van der Waals surface area (Å²) in [5.74, 6) is 0. The van der Waals surface area contributed by atoms with Gasteiger partial charge in [-0.1, -0.05) is 24.3 Å². The normalized spacial score (nSPS) is 11.3. The number of thiophene rings is 1. The van der Waals surface area contributed by atoms with E-state index in [2.05, 4.69) is 15.7 Å². The number of para-hydroxylation sites is 1. The van der Waals surface area contributed by atoms with E-state index in [1.165, 1.54) is 16.0 Å². The van der Waals surface area contributed by atoms with Gasteiger partial charge in [-0.3, -0.25) is 0 Å². The predicted octanol–water partition coefficient (Wildman–Crippen LogP) is 6.26. The van der Waals surface area contributed by atoms with Crippen LogP contribution in [0.4, 0.5) is 29.3 Å². The summed E-state index contributed by atoms with van der Waals surface area (Å²) in [6.07, 6.45) is -4.55. The van der Waals surface area contributed by atoms with Crippen molar-refractivity contribution in [2.45, 2.75) is 6.18 Å². The molecule has 9 heteroatoms. The van der Waals surface area contributed by atoms with Gasteiger partial charge < -0.3 is 10.6 Å². The fourth-order valence-electron chi connectivity index (χ4n) is 2.82. The van der Waals surface area contributed by atoms with Crippen molar-refractivity contribution in [3.8, 4) is 16.3 Å². The maximum absolute atomic E-state index is 13.2. The molecular weight excluding hydrogens is 413 g/mol. The molecule has 0 saturated heterocycles. The molecule has 0 bridgehead atoms. The maximum atomic E-state index is 13.2. The zero-order valence-electron chi connectivity index (χ0n) is 15.4. The molecule has 0 aliphatic rings. The van der Waals surface area contributed by atoms with Gasteiger partial charge in [0, 0.05) is 11.4 Å². The first kappa shape index (κ1) is 19.7. The van der Waals surface area contributed by atoms with Crippen molar-refractivity contribution in [3.63, 3.8) is 0 Å². The lowest BCUT2D eigenvalue weighted by Crippen LogP contribution is -2.19. The van der Waals surface area contributed by atoms with Gasteiger partial charge in [-0.2, -0.15) is 18.3 Å². The third kappa shape index (κ3) is 4.36. The molecule has 0 fully saturated rings. The van der Waals surface area contributed by atoms with Crippen LogP contribution < -0.4 is 10.6 Å². The number of alkyl halides is 3. The van der Waals surface area contributed by atoms with Crippen molar-refractivity contribution in [1.82, 2.24) is 9.78 Å². The number of hydrogen-bond donors (Lipinski definition) is 2. The maximum Gasteiger partial charge on any atom is 0.435 e. The molecule has 30 heavy (non-hydrogen) atoms. The first-order chi connectivity index (χ1) is 14.4. The van der Waals surface area contributed by atoms with Crippen LogP contribution in [-0.4, -0.2) is 15.8 Å². The van der Waals surface area contributed by atoms with E-state index in [9.17, 15) is 18.0 Å². The Morgan fingerprint density at radius 3 is 2.17 bits per heavy atom. The van der Waals surface area contributed by atoms with Gasteiger partial charge >= 0.3 is 12.2 Å². The highest BCUT2D eigenvalue weighted by Gasteiger charge is 2.35. The summed E-state index contributed by atoms with van der Waals surface area (Å²) in [6.45, 7) is 0. The molecule has 2 heterocycles. The van der Waals surface area contributed by atoms with Gasteiger partial charge in [0.1, 0.15) is 0 Å². The van der Waals surface area contributed by atoms with Gasteiger partial charge in [0.25, 0.3) is 0 Å². The molecular formula is C21H15F3N4OS. The summed E-state index contributed by atoms with van der Waals surface area (Å²) >= 11 is 1.33. The van der Waals surface area contributed by atoms with E-state index in [0.29, 0.717) is 27.6 Å². The Morgan fingerprint density at radius 1 is 0.900 bits per heavy atom. The molecule has 0 aliphatic carbocycles. The van der Waals surface area contributed by atoms with Crippen molar-refractivity contribution in [1.29, 1.82) is 0 Å². The average molecular weight is 428 g/mol. The van der Waals surface area contributed by atoms with Crippen LogP contribution in [0.15, 0.2) is 78.2 Å². The number of anilines is 2. The van der Waals surface area contributed by atoms with Crippen molar-refractivity contribution in [3.05, 3.63) is 83.9 Å². The summed E-state index contributed by atoms with van der Waals surface area (Å²) in [4.78, 5) is 12.8. The first-order valence-corrected chi connectivity index (χ1v) is 9.73. The number of rotatable bonds is 4. The van der Waals surface area contributed by atoms with Crippen LogP contribution in [-0.2, 0) is 6.18 Å². The molecule has 2 aromatic carbocycles. The number of benzene rings is 2. The molecule has 4 rings (SSSR count). The Labute approximate surface area is 173 Å². The fourth-order valence-corrected chi connectivity index (χ4v) is 3.54. The van der Waals surface area contributed by atoms with E-state index in [1.54, 1.807) is 66.0 Å². The summed E-state index contributed by atoms with van der Waals surface area (Å²) < 4.78 is 40.8. The number of nitrogens with one attached hydrogen (secondary N) is 2. The minimum Gasteiger partial charge on any atom is -0.308 e. The predicted molar refractivity (Wildman–Crippen MR) is 111 cm³/mol. The first-order valence-electron chi connectivity index (χ1n) is 8.85. The van der Waals surface area contributed by atoms with Crippen LogP contribution in [0.3, 0.4) is 0 Å². The monoisotopic (exact) mass is 428 g/mol. The lowest BCUT2D eigenvalue weighted by molar-refractivity contribution is -0.141. The van der Waals surface area contributed by atoms with E-state index >= 15 is 0 Å². The van der Waals surface area contributed by atoms with Crippen molar-refractivity contribution < 1.29 is 18.0 Å². The Balaban J connectivity index is 1.57. The number of nitrogens with zero attached hydrogens (tertiary/aromatic N) is 2. The third-order valence-corrected chi connectivity index (χ3v) is 5.07. The summed E-state index contributed by atoms with van der Waals surface area (Å²) in [5.41, 5.74) is 0.967. The molecule has 5 nitrogen and oxygen atoms in total. The van der Waals surface area contributed by atoms with E-state index in [1.807, 2.05) is 6.07 Å². The molecule has 2 N–H and O–H groups in total. The molecule has 152 valence electrons. The number of carbonyl (C=O) groups excluding carboxylic acids is 1. The van der Waals surface area contributed by atoms with E-state index in [4.69, 9.17) is 0 Å². The van der Waals surface area contributed by atoms with Crippen LogP contribution >= 0.6 is 11.3 Å². The molecule has 0 spiro atoms. The zero-order valence-corrected chi connectivity index (χ0v) is 16.2. The highest BCUT2D eigenvalue weighted by molar-refractivity contribution is 7.13. The number of hydrogen-bond acceptors (Lipinski definition) is 3. The molecule has 0 saturated carbocycles. The summed E-state index contributed by atoms with van der Waals surface area (Å²) in [7, 11) is 0. The second kappa shape index (κ2) is 8.03. The van der Waals surface area contributed by atoms with Gasteiger partial charge in [0.2, 0.25) is 0 Å². The second-order valence-electron chi connectivity index (χ2n) is 6.29. The highest BCUT2D eigenvalue weighted by atomic mass is 32.1. The van der Waals surface area contributed by atoms with Crippen LogP contribution in [0.25, 0.3) is 16.3 Å². The Bertz CT molecular complexity index is 1140. The van der Waals surface area contributed by atoms with E-state index in [0.717, 1.165) is 6.07 Å². The lowest BCUT2D eigenvalue weighted by atomic mass is 10.2. The Morgan fingerprint density at radius 2 is 1.57 bits per heavy atom. The van der Waals surface area contributed by atoms with E-state index < -0.39 is 17.9 Å². The number of carbonyl (C=O) groups is 1. The number of halogens is 3. The van der Waals surface area contributed by atoms with Gasteiger partial charge in [0.15, 0.2) is 5.69 Å². The fraction of sp³-hybridized carbons (Fsp3) is 0.0476. The van der Waals surface area contributed by atoms with Crippen molar-refractivity contribution in [2.75, 3.05) is 10.6 Å². The SMILES string of the molecule is O=C(Nc1ccccc1)Nc1ccc(-n2nc(C(F)(F)F)cc2-c2cccs2)cc1. The molecule has 0 atom stereocenters. The van der Waals surface area contributed by atoms with Crippen LogP contribution in [0, 0.1) is 0 Å². The molecule has 2 amide bonds. The number of aromatic nitrogens is 2. The van der Waals surface area contributed by atoms with Crippen LogP contribution in [0.5, 0.6) is 0 Å². The molecule has 0 unspecified atom stereocenters. The molecule has 0 aliphatic heterocycles. The minimum absolute atomic E-state index is 0.347. The van der Waals surface area contributed by atoms with Gasteiger partial charge in [-0.15, -0.1) is 11.3 Å². The van der Waals surface area contributed by atoms with Gasteiger partial charge in [0.05, 0.1) is 16.3 Å². The largest absolute Gasteiger partial charge is 0.435 e. The molecule has 2 aromatic heterocycles. The van der Waals surface area contributed by atoms with Crippen LogP contribution in [0.1, 0.15) is 5.69 Å². The third-order valence-electron chi connectivity index (χ3n) is 4.17. The average Bonchev–Trinajstić information content (AvgIpc) is 3.39. The highest BCUT2D eigenvalue weighted by Crippen LogP contribution is 2.34. The van der Waals surface area contributed by atoms with Crippen LogP contribution in [0.2, 0.25) is 0 Å². The number of amides is 2. The summed E-state index contributed by atoms with van der Waals surface area (Å²) in [6, 6.07) is 19.5. The lowest BCUT2D eigenvalue weighted by Gasteiger charge is -2.10. The summed E-state index contributed by atoms with van der Waals surface area (Å²) in [5, 5.41) is 10.9. The Kier molecular flexibility index (Phi) is 5.28. The van der Waals surface area contributed by atoms with Crippen molar-refractivity contribution >= 4 is 28.7 Å². The standard InChI is InChI=1S/C21H15F3N4OS/c22-21(23,24)19-13-17(18-7-4-12-30-18)28(27-19)16-10-8-15(9-11-16)26-20(29)25-14-5-2-1-3-6-14/h1-13H,(H2,25,26,29). The Hall–Kier alpha value is -3.59. The number of urea groups is 1. The second-order valence-corrected chi connectivity index (χ2v) is 7.24. The van der Waals surface area contributed by atoms with Crippen molar-refractivity contribution in [2.24, 2.45) is 0 Å². The smallest absolute Gasteiger partial charge is 0.308 e. The topological polar surface area (TPSA) is 59.0 Å². The van der Waals surface area contributed by atoms with Gasteiger partial charge in [-0.25, -0.2) is 9.48 Å². The minimum atomic E-state index is -4.55. The molecule has 0 radical (unpaired) electrons. The quantitative estimate of drug-likeness (QED) is 0.403. The molecule has 4 aromatic rings. The van der Waals surface area contributed by atoms with E-state index in [-0.39, 0.29) is 0 Å². The zero-order chi connectivity index (χ0) is 21.1. The van der Waals surface area contributed by atoms with Gasteiger partial charge in [-0.05, 0) is 53.9 Å².